The van der Waals surface area contributed by atoms with E-state index in [-0.39, 0.29) is 6.10 Å². The lowest BCUT2D eigenvalue weighted by atomic mass is 10.1. The lowest BCUT2D eigenvalue weighted by Gasteiger charge is -2.24. The van der Waals surface area contributed by atoms with Crippen molar-refractivity contribution in [2.45, 2.75) is 6.10 Å². The number of rotatable bonds is 4. The van der Waals surface area contributed by atoms with E-state index in [1.54, 1.807) is 6.20 Å². The van der Waals surface area contributed by atoms with Crippen LogP contribution in [0.25, 0.3) is 11.6 Å². The third kappa shape index (κ3) is 2.39. The molecule has 21 heavy (non-hydrogen) atoms. The van der Waals surface area contributed by atoms with Crippen molar-refractivity contribution in [3.8, 4) is 5.75 Å². The highest BCUT2D eigenvalue weighted by molar-refractivity contribution is 5.95. The van der Waals surface area contributed by atoms with Crippen LogP contribution in [0.5, 0.6) is 5.75 Å². The van der Waals surface area contributed by atoms with E-state index in [4.69, 9.17) is 9.47 Å². The van der Waals surface area contributed by atoms with E-state index < -0.39 is 0 Å². The molecule has 1 aromatic carbocycles. The van der Waals surface area contributed by atoms with Gasteiger partial charge in [-0.15, -0.1) is 0 Å². The van der Waals surface area contributed by atoms with E-state index in [9.17, 15) is 5.21 Å². The summed E-state index contributed by atoms with van der Waals surface area (Å²) in [6.45, 7) is 1.58. The number of aromatic nitrogens is 2. The number of ether oxygens (including phenoxy) is 2. The number of nitrogens with one attached hydrogen (secondary N) is 1. The van der Waals surface area contributed by atoms with E-state index in [0.29, 0.717) is 18.8 Å². The molecule has 2 aliphatic rings. The number of benzene rings is 1. The first kappa shape index (κ1) is 12.4. The van der Waals surface area contributed by atoms with Crippen LogP contribution in [0, 0.1) is 5.21 Å². The van der Waals surface area contributed by atoms with Gasteiger partial charge in [0.15, 0.2) is 0 Å². The van der Waals surface area contributed by atoms with Crippen LogP contribution >= 0.6 is 0 Å². The van der Waals surface area contributed by atoms with Crippen LogP contribution in [0.3, 0.4) is 0 Å². The van der Waals surface area contributed by atoms with Gasteiger partial charge < -0.3 is 19.7 Å². The van der Waals surface area contributed by atoms with Gasteiger partial charge in [-0.3, -0.25) is 5.10 Å². The summed E-state index contributed by atoms with van der Waals surface area (Å²) in [5.74, 6) is 0.729. The molecule has 0 bridgehead atoms. The Morgan fingerprint density at radius 3 is 3.14 bits per heavy atom. The molecule has 4 rings (SSSR count). The van der Waals surface area contributed by atoms with Gasteiger partial charge in [-0.1, -0.05) is 6.07 Å². The molecule has 6 heteroatoms. The average Bonchev–Trinajstić information content (AvgIpc) is 3.08. The second-order valence-electron chi connectivity index (χ2n) is 5.13. The SMILES string of the molecule is [O-]N1CC(=Cc2ccn[nH]2)c2c(OCC3CO3)cccc21. The van der Waals surface area contributed by atoms with E-state index in [2.05, 4.69) is 10.2 Å². The van der Waals surface area contributed by atoms with E-state index >= 15 is 0 Å². The molecule has 1 unspecified atom stereocenters. The Kier molecular flexibility index (Phi) is 2.90. The van der Waals surface area contributed by atoms with Crippen molar-refractivity contribution in [1.82, 2.24) is 10.2 Å². The number of H-pyrrole nitrogens is 1. The molecule has 108 valence electrons. The molecule has 1 saturated heterocycles. The molecule has 1 atom stereocenters. The molecule has 0 spiro atoms. The molecular formula is C15H14N3O3-. The maximum Gasteiger partial charge on any atom is 0.129 e. The number of epoxide rings is 1. The largest absolute Gasteiger partial charge is 0.758 e. The number of aromatic amines is 1. The number of nitrogens with zero attached hydrogens (tertiary/aromatic N) is 2. The zero-order valence-corrected chi connectivity index (χ0v) is 11.3. The lowest BCUT2D eigenvalue weighted by Crippen LogP contribution is -2.09. The molecule has 6 nitrogen and oxygen atoms in total. The maximum absolute atomic E-state index is 12.1. The van der Waals surface area contributed by atoms with E-state index in [0.717, 1.165) is 34.3 Å². The highest BCUT2D eigenvalue weighted by Gasteiger charge is 2.26. The minimum absolute atomic E-state index is 0.186. The summed E-state index contributed by atoms with van der Waals surface area (Å²) in [4.78, 5) is 0. The van der Waals surface area contributed by atoms with Gasteiger partial charge in [0.25, 0.3) is 0 Å². The van der Waals surface area contributed by atoms with Gasteiger partial charge in [-0.25, -0.2) is 0 Å². The molecule has 1 aromatic heterocycles. The number of hydrogen-bond donors (Lipinski definition) is 1. The standard InChI is InChI=1S/C15H14N3O3/c19-18-7-10(6-11-4-5-16-17-11)15-13(18)2-1-3-14(15)21-9-12-8-20-12/h1-6,12H,7-9H2,(H,16,17)/q-1. The molecule has 0 saturated carbocycles. The van der Waals surface area contributed by atoms with Crippen LogP contribution in [0.1, 0.15) is 11.3 Å². The monoisotopic (exact) mass is 284 g/mol. The van der Waals surface area contributed by atoms with Crippen molar-refractivity contribution in [3.63, 3.8) is 0 Å². The van der Waals surface area contributed by atoms with Crippen LogP contribution in [0.2, 0.25) is 0 Å². The summed E-state index contributed by atoms with van der Waals surface area (Å²) >= 11 is 0. The third-order valence-electron chi connectivity index (χ3n) is 3.59. The van der Waals surface area contributed by atoms with Gasteiger partial charge in [-0.05, 0) is 29.8 Å². The Morgan fingerprint density at radius 2 is 2.38 bits per heavy atom. The highest BCUT2D eigenvalue weighted by Crippen LogP contribution is 2.42. The Balaban J connectivity index is 1.71. The normalized spacial score (nSPS) is 21.7. The van der Waals surface area contributed by atoms with Crippen molar-refractivity contribution in [3.05, 3.63) is 46.9 Å². The Bertz CT molecular complexity index is 677. The fourth-order valence-corrected chi connectivity index (χ4v) is 2.49. The topological polar surface area (TPSA) is 76.7 Å². The lowest BCUT2D eigenvalue weighted by molar-refractivity contribution is 0.262. The van der Waals surface area contributed by atoms with E-state index in [1.807, 2.05) is 30.3 Å². The summed E-state index contributed by atoms with van der Waals surface area (Å²) < 4.78 is 11.0. The van der Waals surface area contributed by atoms with Crippen molar-refractivity contribution < 1.29 is 9.47 Å². The molecule has 2 aromatic rings. The van der Waals surface area contributed by atoms with Crippen molar-refractivity contribution in [2.75, 3.05) is 24.8 Å². The summed E-state index contributed by atoms with van der Waals surface area (Å²) in [5, 5.41) is 19.9. The Hall–Kier alpha value is -2.31. The highest BCUT2D eigenvalue weighted by atomic mass is 16.6. The first-order valence-electron chi connectivity index (χ1n) is 6.83. The second-order valence-corrected chi connectivity index (χ2v) is 5.13. The molecular weight excluding hydrogens is 270 g/mol. The summed E-state index contributed by atoms with van der Waals surface area (Å²) in [7, 11) is 0. The van der Waals surface area contributed by atoms with Crippen molar-refractivity contribution in [2.24, 2.45) is 0 Å². The summed E-state index contributed by atoms with van der Waals surface area (Å²) in [6.07, 6.45) is 3.81. The van der Waals surface area contributed by atoms with Crippen LogP contribution in [-0.2, 0) is 4.74 Å². The molecule has 0 radical (unpaired) electrons. The van der Waals surface area contributed by atoms with Gasteiger partial charge in [-0.2, -0.15) is 5.10 Å². The zero-order valence-electron chi connectivity index (χ0n) is 11.3. The number of hydroxylamine groups is 1. The quantitative estimate of drug-likeness (QED) is 0.869. The van der Waals surface area contributed by atoms with Gasteiger partial charge >= 0.3 is 0 Å². The van der Waals surface area contributed by atoms with Crippen LogP contribution in [-0.4, -0.2) is 36.1 Å². The van der Waals surface area contributed by atoms with Gasteiger partial charge in [0, 0.05) is 24.0 Å². The fourth-order valence-electron chi connectivity index (χ4n) is 2.49. The first-order chi connectivity index (χ1) is 10.3. The predicted octanol–water partition coefficient (Wildman–Crippen LogP) is 2.05. The maximum atomic E-state index is 12.1. The summed E-state index contributed by atoms with van der Waals surface area (Å²) in [5.41, 5.74) is 3.31. The third-order valence-corrected chi connectivity index (χ3v) is 3.59. The van der Waals surface area contributed by atoms with Crippen LogP contribution in [0.4, 0.5) is 5.69 Å². The van der Waals surface area contributed by atoms with Crippen LogP contribution < -0.4 is 9.80 Å². The van der Waals surface area contributed by atoms with Gasteiger partial charge in [0.05, 0.1) is 12.3 Å². The Morgan fingerprint density at radius 1 is 1.48 bits per heavy atom. The van der Waals surface area contributed by atoms with Gasteiger partial charge in [0.1, 0.15) is 18.5 Å². The van der Waals surface area contributed by atoms with E-state index in [1.165, 1.54) is 0 Å². The molecule has 1 fully saturated rings. The minimum Gasteiger partial charge on any atom is -0.758 e. The molecule has 2 aliphatic heterocycles. The number of fused-ring (bicyclic) bond motifs is 1. The molecule has 1 N–H and O–H groups in total. The minimum atomic E-state index is 0.186. The molecule has 0 aliphatic carbocycles. The molecule has 3 heterocycles. The predicted molar refractivity (Wildman–Crippen MR) is 78.8 cm³/mol. The average molecular weight is 284 g/mol. The fraction of sp³-hybridized carbons (Fsp3) is 0.267. The first-order valence-corrected chi connectivity index (χ1v) is 6.83. The van der Waals surface area contributed by atoms with Crippen molar-refractivity contribution in [1.29, 1.82) is 0 Å². The smallest absolute Gasteiger partial charge is 0.129 e. The van der Waals surface area contributed by atoms with Crippen LogP contribution in [0.15, 0.2) is 30.5 Å². The molecule has 0 amide bonds. The summed E-state index contributed by atoms with van der Waals surface area (Å²) in [6, 6.07) is 7.41. The number of anilines is 1. The second kappa shape index (κ2) is 4.91. The number of hydrogen-bond acceptors (Lipinski definition) is 5. The zero-order chi connectivity index (χ0) is 14.2. The van der Waals surface area contributed by atoms with Crippen molar-refractivity contribution >= 4 is 17.3 Å². The Labute approximate surface area is 121 Å². The van der Waals surface area contributed by atoms with Gasteiger partial charge in [0.2, 0.25) is 0 Å².